The summed E-state index contributed by atoms with van der Waals surface area (Å²) in [6, 6.07) is 12.8. The van der Waals surface area contributed by atoms with E-state index in [1.807, 2.05) is 12.1 Å². The summed E-state index contributed by atoms with van der Waals surface area (Å²) in [5, 5.41) is 2.18. The third kappa shape index (κ3) is 2.39. The van der Waals surface area contributed by atoms with Crippen LogP contribution in [-0.2, 0) is 0 Å². The van der Waals surface area contributed by atoms with E-state index in [9.17, 15) is 0 Å². The largest absolute Gasteiger partial charge is 0.456 e. The van der Waals surface area contributed by atoms with E-state index in [0.717, 1.165) is 36.2 Å². The minimum Gasteiger partial charge on any atom is -0.456 e. The van der Waals surface area contributed by atoms with Gasteiger partial charge in [0.1, 0.15) is 11.5 Å². The van der Waals surface area contributed by atoms with Crippen molar-refractivity contribution in [2.24, 2.45) is 0 Å². The minimum absolute atomic E-state index is 0.925. The van der Waals surface area contributed by atoms with E-state index in [1.54, 1.807) is 0 Å². The van der Waals surface area contributed by atoms with Crippen molar-refractivity contribution in [3.8, 4) is 11.5 Å². The van der Waals surface area contributed by atoms with Gasteiger partial charge in [0.15, 0.2) is 0 Å². The molecule has 0 fully saturated rings. The Morgan fingerprint density at radius 1 is 0.955 bits per heavy atom. The molecule has 1 heterocycles. The van der Waals surface area contributed by atoms with Crippen LogP contribution in [0.15, 0.2) is 36.4 Å². The normalized spacial score (nSPS) is 12.4. The lowest BCUT2D eigenvalue weighted by Crippen LogP contribution is -2.23. The van der Waals surface area contributed by atoms with Crippen molar-refractivity contribution in [1.29, 1.82) is 0 Å². The lowest BCUT2D eigenvalue weighted by Gasteiger charge is -2.25. The SMILES string of the molecule is C=c1ccc2c(c1)Oc1cc(N(CC)CC)ccc1C=2CC. The van der Waals surface area contributed by atoms with Gasteiger partial charge in [0, 0.05) is 35.6 Å². The summed E-state index contributed by atoms with van der Waals surface area (Å²) in [6.07, 6.45) is 0.991. The number of benzene rings is 2. The smallest absolute Gasteiger partial charge is 0.137 e. The van der Waals surface area contributed by atoms with Crippen LogP contribution in [-0.4, -0.2) is 13.1 Å². The molecule has 2 aromatic carbocycles. The lowest BCUT2D eigenvalue weighted by molar-refractivity contribution is 0.471. The van der Waals surface area contributed by atoms with Gasteiger partial charge in [-0.05, 0) is 49.3 Å². The van der Waals surface area contributed by atoms with E-state index >= 15 is 0 Å². The first kappa shape index (κ1) is 14.7. The van der Waals surface area contributed by atoms with Crippen LogP contribution >= 0.6 is 0 Å². The maximum Gasteiger partial charge on any atom is 0.137 e. The Bertz CT molecular complexity index is 803. The molecule has 2 nitrogen and oxygen atoms in total. The van der Waals surface area contributed by atoms with Crippen molar-refractivity contribution < 1.29 is 4.74 Å². The number of fused-ring (bicyclic) bond motifs is 2. The van der Waals surface area contributed by atoms with Gasteiger partial charge in [-0.15, -0.1) is 0 Å². The van der Waals surface area contributed by atoms with E-state index in [4.69, 9.17) is 4.74 Å². The molecule has 0 aliphatic carbocycles. The zero-order valence-electron chi connectivity index (χ0n) is 13.6. The van der Waals surface area contributed by atoms with Crippen molar-refractivity contribution in [3.63, 3.8) is 0 Å². The first-order chi connectivity index (χ1) is 10.7. The summed E-state index contributed by atoms with van der Waals surface area (Å²) in [4.78, 5) is 2.34. The van der Waals surface area contributed by atoms with Crippen molar-refractivity contribution in [1.82, 2.24) is 0 Å². The van der Waals surface area contributed by atoms with E-state index in [-0.39, 0.29) is 0 Å². The van der Waals surface area contributed by atoms with Crippen LogP contribution in [0, 0.1) is 0 Å². The Balaban J connectivity index is 2.18. The molecule has 0 saturated carbocycles. The van der Waals surface area contributed by atoms with Crippen LogP contribution in [0.3, 0.4) is 0 Å². The van der Waals surface area contributed by atoms with Gasteiger partial charge in [-0.25, -0.2) is 0 Å². The summed E-state index contributed by atoms with van der Waals surface area (Å²) in [5.41, 5.74) is 3.78. The quantitative estimate of drug-likeness (QED) is 0.853. The Morgan fingerprint density at radius 2 is 1.73 bits per heavy atom. The molecule has 0 bridgehead atoms. The number of anilines is 1. The molecular weight excluding hydrogens is 270 g/mol. The Morgan fingerprint density at radius 3 is 2.41 bits per heavy atom. The molecule has 0 atom stereocenters. The second-order valence-corrected chi connectivity index (χ2v) is 5.62. The van der Waals surface area contributed by atoms with Crippen LogP contribution in [0.4, 0.5) is 5.69 Å². The molecule has 0 spiro atoms. The van der Waals surface area contributed by atoms with Crippen molar-refractivity contribution >= 4 is 17.8 Å². The van der Waals surface area contributed by atoms with Gasteiger partial charge in [-0.3, -0.25) is 0 Å². The molecule has 1 aliphatic heterocycles. The minimum atomic E-state index is 0.925. The predicted octanol–water partition coefficient (Wildman–Crippen LogP) is 3.66. The van der Waals surface area contributed by atoms with Gasteiger partial charge in [-0.1, -0.05) is 25.6 Å². The number of hydrogen-bond donors (Lipinski definition) is 0. The zero-order chi connectivity index (χ0) is 15.7. The molecule has 0 aromatic heterocycles. The van der Waals surface area contributed by atoms with Gasteiger partial charge in [0.05, 0.1) is 0 Å². The topological polar surface area (TPSA) is 12.5 Å². The molecule has 3 rings (SSSR count). The number of ether oxygens (including phenoxy) is 1. The molecule has 0 N–H and O–H groups in total. The second-order valence-electron chi connectivity index (χ2n) is 5.62. The second kappa shape index (κ2) is 5.88. The van der Waals surface area contributed by atoms with Crippen molar-refractivity contribution in [3.05, 3.63) is 52.4 Å². The highest BCUT2D eigenvalue weighted by atomic mass is 16.5. The van der Waals surface area contributed by atoms with Gasteiger partial charge in [0.2, 0.25) is 0 Å². The monoisotopic (exact) mass is 293 g/mol. The Labute approximate surface area is 132 Å². The maximum absolute atomic E-state index is 6.18. The molecular formula is C20H23NO. The van der Waals surface area contributed by atoms with Gasteiger partial charge in [-0.2, -0.15) is 0 Å². The molecule has 0 unspecified atom stereocenters. The molecule has 2 aromatic rings. The average Bonchev–Trinajstić information content (AvgIpc) is 2.53. The number of hydrogen-bond acceptors (Lipinski definition) is 2. The molecule has 1 aliphatic rings. The molecule has 0 radical (unpaired) electrons. The fourth-order valence-electron chi connectivity index (χ4n) is 3.18. The summed E-state index contributed by atoms with van der Waals surface area (Å²) in [5.74, 6) is 1.88. The molecule has 2 heteroatoms. The number of rotatable bonds is 4. The lowest BCUT2D eigenvalue weighted by atomic mass is 9.96. The molecule has 0 saturated heterocycles. The third-order valence-corrected chi connectivity index (χ3v) is 4.36. The highest BCUT2D eigenvalue weighted by molar-refractivity contribution is 5.76. The third-order valence-electron chi connectivity index (χ3n) is 4.36. The van der Waals surface area contributed by atoms with Crippen LogP contribution in [0.2, 0.25) is 0 Å². The van der Waals surface area contributed by atoms with E-state index in [2.05, 4.69) is 56.5 Å². The van der Waals surface area contributed by atoms with Crippen molar-refractivity contribution in [2.75, 3.05) is 18.0 Å². The van der Waals surface area contributed by atoms with Gasteiger partial charge in [0.25, 0.3) is 0 Å². The Kier molecular flexibility index (Phi) is 3.93. The van der Waals surface area contributed by atoms with Crippen LogP contribution in [0.1, 0.15) is 32.8 Å². The number of nitrogens with zero attached hydrogens (tertiary/aromatic N) is 1. The van der Waals surface area contributed by atoms with Crippen LogP contribution in [0.5, 0.6) is 11.5 Å². The first-order valence-corrected chi connectivity index (χ1v) is 8.07. The van der Waals surface area contributed by atoms with Gasteiger partial charge >= 0.3 is 0 Å². The summed E-state index contributed by atoms with van der Waals surface area (Å²) < 4.78 is 6.18. The standard InChI is InChI=1S/C20H23NO/c1-5-16-17-10-8-14(4)12-19(17)22-20-13-15(9-11-18(16)20)21(6-2)7-3/h8-13H,4-7H2,1-3H3. The summed E-state index contributed by atoms with van der Waals surface area (Å²) >= 11 is 0. The van der Waals surface area contributed by atoms with E-state index < -0.39 is 0 Å². The van der Waals surface area contributed by atoms with E-state index in [1.165, 1.54) is 22.0 Å². The molecule has 22 heavy (non-hydrogen) atoms. The maximum atomic E-state index is 6.18. The van der Waals surface area contributed by atoms with Crippen LogP contribution in [0.25, 0.3) is 12.2 Å². The highest BCUT2D eigenvalue weighted by Crippen LogP contribution is 2.36. The molecule has 114 valence electrons. The zero-order valence-corrected chi connectivity index (χ0v) is 13.6. The van der Waals surface area contributed by atoms with Crippen molar-refractivity contribution in [2.45, 2.75) is 27.2 Å². The average molecular weight is 293 g/mol. The Hall–Kier alpha value is -2.22. The molecule has 0 amide bonds. The highest BCUT2D eigenvalue weighted by Gasteiger charge is 2.18. The van der Waals surface area contributed by atoms with Gasteiger partial charge < -0.3 is 9.64 Å². The fraction of sp³-hybridized carbons (Fsp3) is 0.300. The fourth-order valence-corrected chi connectivity index (χ4v) is 3.18. The summed E-state index contributed by atoms with van der Waals surface area (Å²) in [6.45, 7) is 12.6. The predicted molar refractivity (Wildman–Crippen MR) is 94.1 cm³/mol. The van der Waals surface area contributed by atoms with E-state index in [0.29, 0.717) is 0 Å². The first-order valence-electron chi connectivity index (χ1n) is 8.07. The summed E-state index contributed by atoms with van der Waals surface area (Å²) in [7, 11) is 0. The van der Waals surface area contributed by atoms with Crippen LogP contribution < -0.4 is 20.1 Å².